The third kappa shape index (κ3) is 3.57. The van der Waals surface area contributed by atoms with Crippen LogP contribution in [0.25, 0.3) is 0 Å². The number of anilines is 2. The fourth-order valence-corrected chi connectivity index (χ4v) is 3.00. The molecule has 0 radical (unpaired) electrons. The third-order valence-electron chi connectivity index (χ3n) is 4.20. The van der Waals surface area contributed by atoms with Crippen LogP contribution in [-0.2, 0) is 0 Å². The number of nitrogen functional groups attached to an aromatic ring is 1. The van der Waals surface area contributed by atoms with Crippen molar-refractivity contribution >= 4 is 11.4 Å². The molecule has 0 fully saturated rings. The summed E-state index contributed by atoms with van der Waals surface area (Å²) < 4.78 is 5.24. The van der Waals surface area contributed by atoms with Gasteiger partial charge in [0, 0.05) is 5.70 Å². The maximum absolute atomic E-state index is 6.02. The van der Waals surface area contributed by atoms with Crippen molar-refractivity contribution in [1.29, 1.82) is 0 Å². The molecule has 3 N–H and O–H groups in total. The van der Waals surface area contributed by atoms with E-state index in [-0.39, 0.29) is 0 Å². The topological polar surface area (TPSA) is 47.3 Å². The molecule has 2 aromatic carbocycles. The molecular formula is C20H22N2O. The Balaban J connectivity index is 1.78. The van der Waals surface area contributed by atoms with Crippen LogP contribution in [0.15, 0.2) is 72.5 Å². The number of rotatable bonds is 4. The van der Waals surface area contributed by atoms with E-state index in [0.29, 0.717) is 5.92 Å². The van der Waals surface area contributed by atoms with Crippen LogP contribution in [-0.4, -0.2) is 7.11 Å². The van der Waals surface area contributed by atoms with Gasteiger partial charge in [-0.3, -0.25) is 0 Å². The van der Waals surface area contributed by atoms with Crippen LogP contribution < -0.4 is 15.8 Å². The van der Waals surface area contributed by atoms with Crippen LogP contribution in [0, 0.1) is 0 Å². The van der Waals surface area contributed by atoms with Crippen LogP contribution in [0.5, 0.6) is 5.75 Å². The number of hydrogen-bond donors (Lipinski definition) is 2. The SMILES string of the molecule is C=C1C=C(Nc2ccccc2N)CC(c2ccc(OC)cc2)C1. The molecule has 0 saturated heterocycles. The van der Waals surface area contributed by atoms with Crippen LogP contribution in [0.4, 0.5) is 11.4 Å². The molecule has 23 heavy (non-hydrogen) atoms. The molecule has 3 nitrogen and oxygen atoms in total. The van der Waals surface area contributed by atoms with E-state index in [9.17, 15) is 0 Å². The standard InChI is InChI=1S/C20H22N2O/c1-14-11-16(15-7-9-18(23-2)10-8-15)13-17(12-14)22-20-6-4-3-5-19(20)21/h3-10,12,16,22H,1,11,13,21H2,2H3. The quantitative estimate of drug-likeness (QED) is 0.804. The van der Waals surface area contributed by atoms with Crippen LogP contribution in [0.1, 0.15) is 24.3 Å². The average molecular weight is 306 g/mol. The number of benzene rings is 2. The van der Waals surface area contributed by atoms with Gasteiger partial charge in [0.2, 0.25) is 0 Å². The molecule has 1 aliphatic rings. The highest BCUT2D eigenvalue weighted by Gasteiger charge is 2.20. The first-order valence-corrected chi connectivity index (χ1v) is 7.79. The van der Waals surface area contributed by atoms with Crippen molar-refractivity contribution in [2.24, 2.45) is 0 Å². The lowest BCUT2D eigenvalue weighted by atomic mass is 9.84. The van der Waals surface area contributed by atoms with Crippen LogP contribution >= 0.6 is 0 Å². The zero-order valence-corrected chi connectivity index (χ0v) is 13.4. The van der Waals surface area contributed by atoms with Crippen molar-refractivity contribution in [3.8, 4) is 5.75 Å². The lowest BCUT2D eigenvalue weighted by molar-refractivity contribution is 0.414. The van der Waals surface area contributed by atoms with Gasteiger partial charge in [-0.2, -0.15) is 0 Å². The number of hydrogen-bond acceptors (Lipinski definition) is 3. The van der Waals surface area contributed by atoms with Gasteiger partial charge in [0.15, 0.2) is 0 Å². The van der Waals surface area contributed by atoms with Gasteiger partial charge < -0.3 is 15.8 Å². The van der Waals surface area contributed by atoms with E-state index in [1.807, 2.05) is 36.4 Å². The Morgan fingerprint density at radius 3 is 2.52 bits per heavy atom. The van der Waals surface area contributed by atoms with Crippen molar-refractivity contribution < 1.29 is 4.74 Å². The Hall–Kier alpha value is -2.68. The highest BCUT2D eigenvalue weighted by Crippen LogP contribution is 2.36. The summed E-state index contributed by atoms with van der Waals surface area (Å²) in [4.78, 5) is 0. The molecule has 1 atom stereocenters. The van der Waals surface area contributed by atoms with Gasteiger partial charge >= 0.3 is 0 Å². The fourth-order valence-electron chi connectivity index (χ4n) is 3.00. The van der Waals surface area contributed by atoms with E-state index in [4.69, 9.17) is 10.5 Å². The normalized spacial score (nSPS) is 17.5. The van der Waals surface area contributed by atoms with E-state index in [1.165, 1.54) is 5.56 Å². The van der Waals surface area contributed by atoms with Gasteiger partial charge in [-0.05, 0) is 54.7 Å². The summed E-state index contributed by atoms with van der Waals surface area (Å²) in [6, 6.07) is 16.1. The Kier molecular flexibility index (Phi) is 4.38. The average Bonchev–Trinajstić information content (AvgIpc) is 2.56. The Labute approximate surface area is 137 Å². The second kappa shape index (κ2) is 6.61. The van der Waals surface area contributed by atoms with E-state index < -0.39 is 0 Å². The lowest BCUT2D eigenvalue weighted by Crippen LogP contribution is -2.12. The number of nitrogens with two attached hydrogens (primary N) is 1. The molecule has 118 valence electrons. The zero-order valence-electron chi connectivity index (χ0n) is 13.4. The molecule has 0 aliphatic heterocycles. The molecule has 0 heterocycles. The highest BCUT2D eigenvalue weighted by atomic mass is 16.5. The smallest absolute Gasteiger partial charge is 0.118 e. The first-order valence-electron chi connectivity index (χ1n) is 7.79. The summed E-state index contributed by atoms with van der Waals surface area (Å²) in [5.41, 5.74) is 11.3. The minimum atomic E-state index is 0.422. The maximum Gasteiger partial charge on any atom is 0.118 e. The summed E-state index contributed by atoms with van der Waals surface area (Å²) in [5.74, 6) is 1.31. The van der Waals surface area contributed by atoms with Crippen molar-refractivity contribution in [3.63, 3.8) is 0 Å². The molecule has 2 aromatic rings. The van der Waals surface area contributed by atoms with Gasteiger partial charge in [-0.1, -0.05) is 36.4 Å². The molecule has 3 rings (SSSR count). The van der Waals surface area contributed by atoms with Crippen LogP contribution in [0.3, 0.4) is 0 Å². The largest absolute Gasteiger partial charge is 0.497 e. The molecular weight excluding hydrogens is 284 g/mol. The first kappa shape index (κ1) is 15.2. The molecule has 3 heteroatoms. The van der Waals surface area contributed by atoms with Gasteiger partial charge in [0.05, 0.1) is 18.5 Å². The van der Waals surface area contributed by atoms with Gasteiger partial charge in [-0.25, -0.2) is 0 Å². The number of allylic oxidation sites excluding steroid dienone is 3. The van der Waals surface area contributed by atoms with Crippen molar-refractivity contribution in [2.75, 3.05) is 18.2 Å². The predicted octanol–water partition coefficient (Wildman–Crippen LogP) is 4.71. The molecule has 1 aliphatic carbocycles. The highest BCUT2D eigenvalue weighted by molar-refractivity contribution is 5.68. The molecule has 0 bridgehead atoms. The molecule has 0 saturated carbocycles. The number of methoxy groups -OCH3 is 1. The Morgan fingerprint density at radius 2 is 1.83 bits per heavy atom. The number of ether oxygens (including phenoxy) is 1. The van der Waals surface area contributed by atoms with Crippen molar-refractivity contribution in [3.05, 3.63) is 78.0 Å². The summed E-state index contributed by atoms with van der Waals surface area (Å²) in [6.45, 7) is 4.17. The predicted molar refractivity (Wildman–Crippen MR) is 96.7 cm³/mol. The lowest BCUT2D eigenvalue weighted by Gasteiger charge is -2.26. The van der Waals surface area contributed by atoms with Gasteiger partial charge in [-0.15, -0.1) is 0 Å². The molecule has 1 unspecified atom stereocenters. The second-order valence-electron chi connectivity index (χ2n) is 5.92. The Bertz CT molecular complexity index is 732. The molecule has 0 spiro atoms. The monoisotopic (exact) mass is 306 g/mol. The van der Waals surface area contributed by atoms with Crippen LogP contribution in [0.2, 0.25) is 0 Å². The third-order valence-corrected chi connectivity index (χ3v) is 4.20. The van der Waals surface area contributed by atoms with Gasteiger partial charge in [0.25, 0.3) is 0 Å². The van der Waals surface area contributed by atoms with E-state index >= 15 is 0 Å². The number of para-hydroxylation sites is 2. The maximum atomic E-state index is 6.02. The Morgan fingerprint density at radius 1 is 1.09 bits per heavy atom. The summed E-state index contributed by atoms with van der Waals surface area (Å²) in [6.07, 6.45) is 4.05. The summed E-state index contributed by atoms with van der Waals surface area (Å²) >= 11 is 0. The van der Waals surface area contributed by atoms with E-state index in [2.05, 4.69) is 30.1 Å². The molecule has 0 aromatic heterocycles. The summed E-state index contributed by atoms with van der Waals surface area (Å²) in [5, 5.41) is 3.45. The van der Waals surface area contributed by atoms with E-state index in [1.54, 1.807) is 7.11 Å². The second-order valence-corrected chi connectivity index (χ2v) is 5.92. The molecule has 0 amide bonds. The number of nitrogens with one attached hydrogen (secondary N) is 1. The minimum Gasteiger partial charge on any atom is -0.497 e. The zero-order chi connectivity index (χ0) is 16.2. The summed E-state index contributed by atoms with van der Waals surface area (Å²) in [7, 11) is 1.69. The van der Waals surface area contributed by atoms with Crippen molar-refractivity contribution in [1.82, 2.24) is 0 Å². The van der Waals surface area contributed by atoms with Gasteiger partial charge in [0.1, 0.15) is 5.75 Å². The first-order chi connectivity index (χ1) is 11.2. The minimum absolute atomic E-state index is 0.422. The fraction of sp³-hybridized carbons (Fsp3) is 0.200. The van der Waals surface area contributed by atoms with E-state index in [0.717, 1.165) is 41.2 Å². The van der Waals surface area contributed by atoms with Crippen molar-refractivity contribution in [2.45, 2.75) is 18.8 Å².